The maximum atomic E-state index is 6.08. The molecule has 0 bridgehead atoms. The summed E-state index contributed by atoms with van der Waals surface area (Å²) < 4.78 is 5.10. The topological polar surface area (TPSA) is 9.23 Å². The molecule has 0 aliphatic carbocycles. The highest BCUT2D eigenvalue weighted by Crippen LogP contribution is 2.22. The van der Waals surface area contributed by atoms with Crippen LogP contribution in [0.15, 0.2) is 54.6 Å². The summed E-state index contributed by atoms with van der Waals surface area (Å²) in [6.07, 6.45) is 0. The predicted octanol–water partition coefficient (Wildman–Crippen LogP) is 3.56. The van der Waals surface area contributed by atoms with Crippen molar-refractivity contribution in [2.24, 2.45) is 0 Å². The van der Waals surface area contributed by atoms with E-state index in [9.17, 15) is 0 Å². The van der Waals surface area contributed by atoms with Gasteiger partial charge in [-0.1, -0.05) is 49.0 Å². The normalized spacial score (nSPS) is 9.81. The van der Waals surface area contributed by atoms with E-state index in [1.807, 2.05) is 54.6 Å². The zero-order chi connectivity index (χ0) is 11.4. The fourth-order valence-corrected chi connectivity index (χ4v) is 1.55. The highest BCUT2D eigenvalue weighted by Gasteiger charge is 2.01. The van der Waals surface area contributed by atoms with Crippen molar-refractivity contribution in [1.82, 2.24) is 0 Å². The molecule has 0 spiro atoms. The molecule has 0 atom stereocenters. The molecule has 1 nitrogen and oxygen atoms in total. The first kappa shape index (κ1) is 10.5. The van der Waals surface area contributed by atoms with Gasteiger partial charge in [0.25, 0.3) is 0 Å². The van der Waals surface area contributed by atoms with Crippen LogP contribution in [0.25, 0.3) is 5.57 Å². The van der Waals surface area contributed by atoms with Gasteiger partial charge >= 0.3 is 0 Å². The Bertz CT molecular complexity index is 469. The van der Waals surface area contributed by atoms with Crippen LogP contribution in [0.1, 0.15) is 11.1 Å². The van der Waals surface area contributed by atoms with Crippen LogP contribution >= 0.6 is 0 Å². The van der Waals surface area contributed by atoms with Gasteiger partial charge in [-0.25, -0.2) is 0 Å². The summed E-state index contributed by atoms with van der Waals surface area (Å²) in [5, 5.41) is 0. The van der Waals surface area contributed by atoms with Crippen molar-refractivity contribution in [1.29, 1.82) is 0 Å². The Labute approximate surface area is 96.0 Å². The minimum Gasteiger partial charge on any atom is -0.497 e. The maximum Gasteiger partial charge on any atom is 0.118 e. The first-order valence-corrected chi connectivity index (χ1v) is 5.13. The van der Waals surface area contributed by atoms with Crippen molar-refractivity contribution < 1.29 is 4.74 Å². The molecule has 1 radical (unpaired) electrons. The number of benzene rings is 2. The van der Waals surface area contributed by atoms with Crippen LogP contribution in [0.5, 0.6) is 5.75 Å². The number of hydrogen-bond donors (Lipinski definition) is 0. The van der Waals surface area contributed by atoms with E-state index in [2.05, 4.69) is 0 Å². The van der Waals surface area contributed by atoms with E-state index in [0.717, 1.165) is 22.4 Å². The van der Waals surface area contributed by atoms with Crippen LogP contribution < -0.4 is 4.74 Å². The Hall–Kier alpha value is -2.02. The lowest BCUT2D eigenvalue weighted by Gasteiger charge is -2.06. The van der Waals surface area contributed by atoms with Crippen molar-refractivity contribution in [2.45, 2.75) is 0 Å². The van der Waals surface area contributed by atoms with Crippen molar-refractivity contribution in [3.8, 4) is 5.75 Å². The van der Waals surface area contributed by atoms with E-state index in [0.29, 0.717) is 0 Å². The monoisotopic (exact) mass is 209 g/mol. The molecule has 0 fully saturated rings. The molecule has 0 N–H and O–H groups in total. The Morgan fingerprint density at radius 3 is 2.00 bits per heavy atom. The molecule has 0 heterocycles. The van der Waals surface area contributed by atoms with Crippen LogP contribution in [0.2, 0.25) is 0 Å². The zero-order valence-electron chi connectivity index (χ0n) is 9.18. The summed E-state index contributed by atoms with van der Waals surface area (Å²) >= 11 is 0. The van der Waals surface area contributed by atoms with Crippen molar-refractivity contribution >= 4 is 5.57 Å². The first-order valence-electron chi connectivity index (χ1n) is 5.13. The summed E-state index contributed by atoms with van der Waals surface area (Å²) in [5.41, 5.74) is 2.82. The maximum absolute atomic E-state index is 6.08. The lowest BCUT2D eigenvalue weighted by Crippen LogP contribution is -1.87. The Kier molecular flexibility index (Phi) is 3.06. The number of methoxy groups -OCH3 is 1. The minimum atomic E-state index is 0.781. The van der Waals surface area contributed by atoms with E-state index < -0.39 is 0 Å². The SMILES string of the molecule is [CH]=C(c1ccccc1)c1ccc(OC)cc1. The van der Waals surface area contributed by atoms with Crippen molar-refractivity contribution in [3.05, 3.63) is 72.3 Å². The van der Waals surface area contributed by atoms with Crippen molar-refractivity contribution in [2.75, 3.05) is 7.11 Å². The first-order chi connectivity index (χ1) is 7.81. The van der Waals surface area contributed by atoms with Gasteiger partial charge in [0.15, 0.2) is 0 Å². The molecule has 2 aromatic rings. The fraction of sp³-hybridized carbons (Fsp3) is 0.0667. The van der Waals surface area contributed by atoms with Gasteiger partial charge in [0.05, 0.1) is 7.11 Å². The van der Waals surface area contributed by atoms with Gasteiger partial charge in [0.2, 0.25) is 0 Å². The van der Waals surface area contributed by atoms with Gasteiger partial charge in [0.1, 0.15) is 5.75 Å². The summed E-state index contributed by atoms with van der Waals surface area (Å²) in [6, 6.07) is 17.7. The fourth-order valence-electron chi connectivity index (χ4n) is 1.55. The van der Waals surface area contributed by atoms with Crippen LogP contribution in [-0.2, 0) is 0 Å². The van der Waals surface area contributed by atoms with Crippen LogP contribution in [0.4, 0.5) is 0 Å². The third kappa shape index (κ3) is 2.14. The van der Waals surface area contributed by atoms with Gasteiger partial charge in [-0.05, 0) is 28.8 Å². The number of hydrogen-bond acceptors (Lipinski definition) is 1. The average Bonchev–Trinajstić information content (AvgIpc) is 2.39. The third-order valence-electron chi connectivity index (χ3n) is 2.49. The number of ether oxygens (including phenoxy) is 1. The molecule has 0 unspecified atom stereocenters. The van der Waals surface area contributed by atoms with Crippen LogP contribution in [0, 0.1) is 6.58 Å². The molecule has 0 aliphatic heterocycles. The summed E-state index contributed by atoms with van der Waals surface area (Å²) in [7, 11) is 1.65. The Morgan fingerprint density at radius 2 is 1.44 bits per heavy atom. The molecular formula is C15H13O. The lowest BCUT2D eigenvalue weighted by molar-refractivity contribution is 0.415. The van der Waals surface area contributed by atoms with Gasteiger partial charge < -0.3 is 4.74 Å². The van der Waals surface area contributed by atoms with Crippen LogP contribution in [-0.4, -0.2) is 7.11 Å². The largest absolute Gasteiger partial charge is 0.497 e. The van der Waals surface area contributed by atoms with Crippen molar-refractivity contribution in [3.63, 3.8) is 0 Å². The molecule has 79 valence electrons. The molecule has 1 heteroatoms. The summed E-state index contributed by atoms with van der Waals surface area (Å²) in [6.45, 7) is 6.08. The van der Waals surface area contributed by atoms with Gasteiger partial charge in [-0.3, -0.25) is 0 Å². The van der Waals surface area contributed by atoms with E-state index in [1.54, 1.807) is 7.11 Å². The molecule has 0 saturated carbocycles. The van der Waals surface area contributed by atoms with Gasteiger partial charge in [-0.2, -0.15) is 0 Å². The molecule has 16 heavy (non-hydrogen) atoms. The lowest BCUT2D eigenvalue weighted by atomic mass is 10.00. The highest BCUT2D eigenvalue weighted by molar-refractivity contribution is 5.77. The summed E-state index contributed by atoms with van der Waals surface area (Å²) in [4.78, 5) is 0. The van der Waals surface area contributed by atoms with E-state index in [-0.39, 0.29) is 0 Å². The van der Waals surface area contributed by atoms with E-state index in [1.165, 1.54) is 0 Å². The molecule has 0 aromatic heterocycles. The zero-order valence-corrected chi connectivity index (χ0v) is 9.18. The second-order valence-electron chi connectivity index (χ2n) is 3.51. The standard InChI is InChI=1S/C15H13O/c1-12(13-6-4-3-5-7-13)14-8-10-15(16-2)11-9-14/h1,3-11H,2H3. The van der Waals surface area contributed by atoms with E-state index in [4.69, 9.17) is 11.3 Å². The third-order valence-corrected chi connectivity index (χ3v) is 2.49. The second-order valence-corrected chi connectivity index (χ2v) is 3.51. The summed E-state index contributed by atoms with van der Waals surface area (Å²) in [5.74, 6) is 0.838. The predicted molar refractivity (Wildman–Crippen MR) is 66.2 cm³/mol. The second kappa shape index (κ2) is 4.67. The molecule has 0 aliphatic rings. The highest BCUT2D eigenvalue weighted by atomic mass is 16.5. The smallest absolute Gasteiger partial charge is 0.118 e. The van der Waals surface area contributed by atoms with Gasteiger partial charge in [0, 0.05) is 0 Å². The minimum absolute atomic E-state index is 0.781. The molecule has 2 rings (SSSR count). The van der Waals surface area contributed by atoms with Crippen LogP contribution in [0.3, 0.4) is 0 Å². The molecule has 0 saturated heterocycles. The molecule has 2 aromatic carbocycles. The number of rotatable bonds is 3. The Balaban J connectivity index is 2.28. The van der Waals surface area contributed by atoms with E-state index >= 15 is 0 Å². The molecule has 0 amide bonds. The quantitative estimate of drug-likeness (QED) is 0.751. The Morgan fingerprint density at radius 1 is 0.875 bits per heavy atom. The average molecular weight is 209 g/mol. The van der Waals surface area contributed by atoms with Gasteiger partial charge in [-0.15, -0.1) is 0 Å². The molecular weight excluding hydrogens is 196 g/mol.